The summed E-state index contributed by atoms with van der Waals surface area (Å²) >= 11 is 0. The number of anilines is 3. The molecule has 3 N–H and O–H groups in total. The summed E-state index contributed by atoms with van der Waals surface area (Å²) in [7, 11) is 1.68. The van der Waals surface area contributed by atoms with Crippen molar-refractivity contribution in [3.63, 3.8) is 0 Å². The van der Waals surface area contributed by atoms with E-state index < -0.39 is 0 Å². The number of methoxy groups -OCH3 is 1. The number of nitrogens with zero attached hydrogens (tertiary/aromatic N) is 4. The molecule has 2 aliphatic heterocycles. The number of ether oxygens (including phenoxy) is 2. The van der Waals surface area contributed by atoms with Crippen molar-refractivity contribution in [2.24, 2.45) is 0 Å². The predicted molar refractivity (Wildman–Crippen MR) is 115 cm³/mol. The van der Waals surface area contributed by atoms with Crippen molar-refractivity contribution in [3.05, 3.63) is 35.7 Å². The number of aryl methyl sites for hydroxylation is 2. The van der Waals surface area contributed by atoms with Crippen molar-refractivity contribution in [2.75, 3.05) is 75.1 Å². The van der Waals surface area contributed by atoms with Gasteiger partial charge in [-0.25, -0.2) is 9.97 Å². The molecule has 0 saturated carbocycles. The molecular weight excluding hydrogens is 368 g/mol. The second-order valence-electron chi connectivity index (χ2n) is 7.39. The van der Waals surface area contributed by atoms with Crippen LogP contribution in [0.5, 0.6) is 5.75 Å². The topological polar surface area (TPSA) is 88.8 Å². The Kier molecular flexibility index (Phi) is 6.31. The molecule has 1 aromatic carbocycles. The van der Waals surface area contributed by atoms with Gasteiger partial charge in [0.05, 0.1) is 20.3 Å². The number of hydrogen-bond acceptors (Lipinski definition) is 8. The summed E-state index contributed by atoms with van der Waals surface area (Å²) in [5.74, 6) is 3.42. The molecular formula is C21H30N6O2. The molecule has 156 valence electrons. The number of piperazine rings is 1. The van der Waals surface area contributed by atoms with Gasteiger partial charge in [-0.15, -0.1) is 0 Å². The van der Waals surface area contributed by atoms with Crippen LogP contribution in [-0.2, 0) is 17.6 Å². The zero-order valence-corrected chi connectivity index (χ0v) is 17.1. The second-order valence-corrected chi connectivity index (χ2v) is 7.39. The number of benzene rings is 1. The number of morpholine rings is 1. The van der Waals surface area contributed by atoms with Crippen LogP contribution in [0.2, 0.25) is 0 Å². The van der Waals surface area contributed by atoms with E-state index in [0.717, 1.165) is 75.3 Å². The molecule has 2 aromatic rings. The van der Waals surface area contributed by atoms with Crippen LogP contribution in [0, 0.1) is 0 Å². The SMILES string of the molecule is COc1ccc(CCc2nc(N3CCNCC3)c(N)c(N3CCOCC3)n2)cc1. The van der Waals surface area contributed by atoms with Crippen LogP contribution in [0.25, 0.3) is 0 Å². The lowest BCUT2D eigenvalue weighted by molar-refractivity contribution is 0.122. The highest BCUT2D eigenvalue weighted by Crippen LogP contribution is 2.31. The van der Waals surface area contributed by atoms with Gasteiger partial charge in [-0.1, -0.05) is 12.1 Å². The number of nitrogens with one attached hydrogen (secondary N) is 1. The zero-order chi connectivity index (χ0) is 20.1. The predicted octanol–water partition coefficient (Wildman–Crippen LogP) is 1.10. The number of hydrogen-bond donors (Lipinski definition) is 2. The summed E-state index contributed by atoms with van der Waals surface area (Å²) in [5.41, 5.74) is 8.49. The molecule has 0 radical (unpaired) electrons. The van der Waals surface area contributed by atoms with E-state index in [4.69, 9.17) is 25.2 Å². The lowest BCUT2D eigenvalue weighted by Gasteiger charge is -2.33. The fraction of sp³-hybridized carbons (Fsp3) is 0.524. The van der Waals surface area contributed by atoms with E-state index in [9.17, 15) is 0 Å². The van der Waals surface area contributed by atoms with Gasteiger partial charge in [-0.3, -0.25) is 0 Å². The average Bonchev–Trinajstić information content (AvgIpc) is 2.80. The van der Waals surface area contributed by atoms with Crippen molar-refractivity contribution in [3.8, 4) is 5.75 Å². The largest absolute Gasteiger partial charge is 0.497 e. The first-order valence-electron chi connectivity index (χ1n) is 10.3. The smallest absolute Gasteiger partial charge is 0.157 e. The first-order valence-corrected chi connectivity index (χ1v) is 10.3. The summed E-state index contributed by atoms with van der Waals surface area (Å²) in [6.07, 6.45) is 1.64. The Bertz CT molecular complexity index is 762. The number of nitrogens with two attached hydrogens (primary N) is 1. The lowest BCUT2D eigenvalue weighted by Crippen LogP contribution is -2.44. The van der Waals surface area contributed by atoms with E-state index in [2.05, 4.69) is 27.2 Å². The molecule has 8 heteroatoms. The maximum Gasteiger partial charge on any atom is 0.157 e. The number of nitrogen functional groups attached to an aromatic ring is 1. The van der Waals surface area contributed by atoms with E-state index in [1.165, 1.54) is 5.56 Å². The van der Waals surface area contributed by atoms with Gasteiger partial charge in [-0.2, -0.15) is 0 Å². The normalized spacial score (nSPS) is 17.4. The van der Waals surface area contributed by atoms with Crippen LogP contribution < -0.4 is 25.6 Å². The van der Waals surface area contributed by atoms with Crippen molar-refractivity contribution >= 4 is 17.3 Å². The van der Waals surface area contributed by atoms with Crippen molar-refractivity contribution in [2.45, 2.75) is 12.8 Å². The highest BCUT2D eigenvalue weighted by atomic mass is 16.5. The van der Waals surface area contributed by atoms with Gasteiger partial charge in [0.15, 0.2) is 11.6 Å². The highest BCUT2D eigenvalue weighted by molar-refractivity contribution is 5.76. The molecule has 0 unspecified atom stereocenters. The number of aromatic nitrogens is 2. The number of rotatable bonds is 6. The maximum atomic E-state index is 6.57. The molecule has 3 heterocycles. The third-order valence-electron chi connectivity index (χ3n) is 5.48. The Morgan fingerprint density at radius 3 is 2.21 bits per heavy atom. The Labute approximate surface area is 172 Å². The average molecular weight is 399 g/mol. The fourth-order valence-corrected chi connectivity index (χ4v) is 3.78. The summed E-state index contributed by atoms with van der Waals surface area (Å²) in [6, 6.07) is 8.17. The van der Waals surface area contributed by atoms with Gasteiger partial charge >= 0.3 is 0 Å². The summed E-state index contributed by atoms with van der Waals surface area (Å²) in [6.45, 7) is 6.71. The molecule has 2 saturated heterocycles. The van der Waals surface area contributed by atoms with Gasteiger partial charge in [0.25, 0.3) is 0 Å². The van der Waals surface area contributed by atoms with Crippen LogP contribution in [0.4, 0.5) is 17.3 Å². The minimum absolute atomic E-state index is 0.682. The maximum absolute atomic E-state index is 6.57. The fourth-order valence-electron chi connectivity index (χ4n) is 3.78. The Morgan fingerprint density at radius 2 is 1.59 bits per heavy atom. The summed E-state index contributed by atoms with van der Waals surface area (Å²) < 4.78 is 10.8. The first-order chi connectivity index (χ1) is 14.2. The van der Waals surface area contributed by atoms with E-state index in [1.54, 1.807) is 7.11 Å². The quantitative estimate of drug-likeness (QED) is 0.748. The zero-order valence-electron chi connectivity index (χ0n) is 17.1. The Hall–Kier alpha value is -2.58. The van der Waals surface area contributed by atoms with Gasteiger partial charge in [0.2, 0.25) is 0 Å². The van der Waals surface area contributed by atoms with E-state index in [0.29, 0.717) is 18.9 Å². The minimum Gasteiger partial charge on any atom is -0.497 e. The first kappa shape index (κ1) is 19.7. The van der Waals surface area contributed by atoms with E-state index in [-0.39, 0.29) is 0 Å². The Morgan fingerprint density at radius 1 is 0.966 bits per heavy atom. The molecule has 0 bridgehead atoms. The molecule has 29 heavy (non-hydrogen) atoms. The van der Waals surface area contributed by atoms with Gasteiger partial charge in [0, 0.05) is 45.7 Å². The van der Waals surface area contributed by atoms with E-state index in [1.807, 2.05) is 12.1 Å². The Balaban J connectivity index is 1.58. The molecule has 2 aliphatic rings. The standard InChI is InChI=1S/C21H30N6O2/c1-28-17-5-2-16(3-6-17)4-7-18-24-20(26-10-8-23-9-11-26)19(22)21(25-18)27-12-14-29-15-13-27/h2-3,5-6,23H,4,7-15,22H2,1H3. The minimum atomic E-state index is 0.682. The second kappa shape index (κ2) is 9.28. The highest BCUT2D eigenvalue weighted by Gasteiger charge is 2.23. The molecule has 0 aliphatic carbocycles. The third-order valence-corrected chi connectivity index (χ3v) is 5.48. The van der Waals surface area contributed by atoms with Gasteiger partial charge < -0.3 is 30.3 Å². The van der Waals surface area contributed by atoms with Gasteiger partial charge in [-0.05, 0) is 24.1 Å². The molecule has 0 atom stereocenters. The molecule has 0 amide bonds. The molecule has 8 nitrogen and oxygen atoms in total. The lowest BCUT2D eigenvalue weighted by atomic mass is 10.1. The monoisotopic (exact) mass is 398 g/mol. The van der Waals surface area contributed by atoms with Crippen LogP contribution in [0.3, 0.4) is 0 Å². The molecule has 2 fully saturated rings. The molecule has 4 rings (SSSR count). The van der Waals surface area contributed by atoms with Crippen molar-refractivity contribution < 1.29 is 9.47 Å². The van der Waals surface area contributed by atoms with Crippen molar-refractivity contribution in [1.29, 1.82) is 0 Å². The summed E-state index contributed by atoms with van der Waals surface area (Å²) in [5, 5.41) is 3.39. The third kappa shape index (κ3) is 4.71. The van der Waals surface area contributed by atoms with Crippen molar-refractivity contribution in [1.82, 2.24) is 15.3 Å². The van der Waals surface area contributed by atoms with Gasteiger partial charge in [0.1, 0.15) is 17.3 Å². The molecule has 0 spiro atoms. The van der Waals surface area contributed by atoms with Crippen LogP contribution >= 0.6 is 0 Å². The molecule has 1 aromatic heterocycles. The van der Waals surface area contributed by atoms with Crippen LogP contribution in [-0.4, -0.2) is 69.6 Å². The van der Waals surface area contributed by atoms with E-state index >= 15 is 0 Å². The van der Waals surface area contributed by atoms with Crippen LogP contribution in [0.1, 0.15) is 11.4 Å². The van der Waals surface area contributed by atoms with Crippen LogP contribution in [0.15, 0.2) is 24.3 Å². The summed E-state index contributed by atoms with van der Waals surface area (Å²) in [4.78, 5) is 14.2.